The quantitative estimate of drug-likeness (QED) is 0.748. The predicted octanol–water partition coefficient (Wildman–Crippen LogP) is 4.08. The lowest BCUT2D eigenvalue weighted by Crippen LogP contribution is -2.16. The molecule has 2 rings (SSSR count). The summed E-state index contributed by atoms with van der Waals surface area (Å²) < 4.78 is 5.90. The highest BCUT2D eigenvalue weighted by molar-refractivity contribution is 5.81. The first-order chi connectivity index (χ1) is 8.70. The van der Waals surface area contributed by atoms with Crippen molar-refractivity contribution in [2.24, 2.45) is 5.92 Å². The minimum Gasteiger partial charge on any atom is -0.493 e. The second-order valence-corrected chi connectivity index (χ2v) is 5.43. The molecule has 1 saturated carbocycles. The van der Waals surface area contributed by atoms with Crippen LogP contribution in [0.2, 0.25) is 0 Å². The Labute approximate surface area is 109 Å². The van der Waals surface area contributed by atoms with Crippen molar-refractivity contribution in [1.82, 2.24) is 0 Å². The summed E-state index contributed by atoms with van der Waals surface area (Å²) in [5.41, 5.74) is 2.86. The minimum absolute atomic E-state index is 0.666. The van der Waals surface area contributed by atoms with Crippen LogP contribution in [0.25, 0.3) is 0 Å². The van der Waals surface area contributed by atoms with Crippen LogP contribution in [0.5, 0.6) is 5.75 Å². The van der Waals surface area contributed by atoms with Crippen LogP contribution in [0.15, 0.2) is 12.1 Å². The van der Waals surface area contributed by atoms with Crippen molar-refractivity contribution in [1.29, 1.82) is 0 Å². The van der Waals surface area contributed by atoms with Crippen LogP contribution in [0, 0.1) is 19.8 Å². The van der Waals surface area contributed by atoms with Crippen molar-refractivity contribution < 1.29 is 9.53 Å². The molecular weight excluding hydrogens is 224 g/mol. The van der Waals surface area contributed by atoms with Gasteiger partial charge in [0.2, 0.25) is 0 Å². The number of carbonyl (C=O) groups excluding carboxylic acids is 1. The standard InChI is InChI=1S/C16H22O2/c1-12-8-13(2)15(10-17)16(9-12)18-11-14-6-4-3-5-7-14/h8-10,14H,3-7,11H2,1-2H3. The van der Waals surface area contributed by atoms with Crippen LogP contribution in [0.3, 0.4) is 0 Å². The molecular formula is C16H22O2. The average Bonchev–Trinajstić information content (AvgIpc) is 2.37. The first-order valence-electron chi connectivity index (χ1n) is 6.90. The number of rotatable bonds is 4. The molecule has 0 spiro atoms. The summed E-state index contributed by atoms with van der Waals surface area (Å²) in [4.78, 5) is 11.1. The molecule has 0 atom stereocenters. The number of hydrogen-bond donors (Lipinski definition) is 0. The molecule has 0 heterocycles. The zero-order valence-corrected chi connectivity index (χ0v) is 11.4. The maximum Gasteiger partial charge on any atom is 0.154 e. The molecule has 0 N–H and O–H groups in total. The van der Waals surface area contributed by atoms with Gasteiger partial charge in [0.1, 0.15) is 5.75 Å². The lowest BCUT2D eigenvalue weighted by Gasteiger charge is -2.22. The molecule has 18 heavy (non-hydrogen) atoms. The predicted molar refractivity (Wildman–Crippen MR) is 73.4 cm³/mol. The largest absolute Gasteiger partial charge is 0.493 e. The van der Waals surface area contributed by atoms with Crippen LogP contribution in [-0.2, 0) is 0 Å². The number of ether oxygens (including phenoxy) is 1. The third kappa shape index (κ3) is 3.12. The molecule has 1 aromatic rings. The van der Waals surface area contributed by atoms with Gasteiger partial charge in [-0.05, 0) is 49.8 Å². The Morgan fingerprint density at radius 2 is 1.94 bits per heavy atom. The topological polar surface area (TPSA) is 26.3 Å². The average molecular weight is 246 g/mol. The van der Waals surface area contributed by atoms with E-state index in [2.05, 4.69) is 0 Å². The highest BCUT2D eigenvalue weighted by Gasteiger charge is 2.15. The number of benzene rings is 1. The Morgan fingerprint density at radius 1 is 1.22 bits per heavy atom. The normalized spacial score (nSPS) is 16.6. The number of aryl methyl sites for hydroxylation is 2. The van der Waals surface area contributed by atoms with Crippen molar-refractivity contribution in [3.63, 3.8) is 0 Å². The smallest absolute Gasteiger partial charge is 0.154 e. The van der Waals surface area contributed by atoms with Crippen LogP contribution >= 0.6 is 0 Å². The fourth-order valence-electron chi connectivity index (χ4n) is 2.77. The Bertz CT molecular complexity index is 417. The lowest BCUT2D eigenvalue weighted by molar-refractivity contribution is 0.111. The van der Waals surface area contributed by atoms with E-state index >= 15 is 0 Å². The van der Waals surface area contributed by atoms with Crippen molar-refractivity contribution in [2.75, 3.05) is 6.61 Å². The van der Waals surface area contributed by atoms with Crippen molar-refractivity contribution in [2.45, 2.75) is 46.0 Å². The van der Waals surface area contributed by atoms with E-state index in [0.717, 1.165) is 29.8 Å². The molecule has 1 fully saturated rings. The van der Waals surface area contributed by atoms with Gasteiger partial charge in [0.25, 0.3) is 0 Å². The maximum atomic E-state index is 11.1. The van der Waals surface area contributed by atoms with E-state index in [1.54, 1.807) is 0 Å². The Kier molecular flexibility index (Phi) is 4.40. The summed E-state index contributed by atoms with van der Waals surface area (Å²) in [5, 5.41) is 0. The first kappa shape index (κ1) is 13.1. The van der Waals surface area contributed by atoms with E-state index in [1.165, 1.54) is 32.1 Å². The summed E-state index contributed by atoms with van der Waals surface area (Å²) >= 11 is 0. The number of aldehydes is 1. The highest BCUT2D eigenvalue weighted by atomic mass is 16.5. The van der Waals surface area contributed by atoms with Gasteiger partial charge in [0.15, 0.2) is 6.29 Å². The molecule has 2 nitrogen and oxygen atoms in total. The van der Waals surface area contributed by atoms with Crippen LogP contribution in [-0.4, -0.2) is 12.9 Å². The van der Waals surface area contributed by atoms with Crippen LogP contribution < -0.4 is 4.74 Å². The van der Waals surface area contributed by atoms with Gasteiger partial charge in [0, 0.05) is 0 Å². The summed E-state index contributed by atoms with van der Waals surface area (Å²) in [6.45, 7) is 4.75. The van der Waals surface area contributed by atoms with Gasteiger partial charge in [-0.1, -0.05) is 25.3 Å². The molecule has 0 radical (unpaired) electrons. The Morgan fingerprint density at radius 3 is 2.61 bits per heavy atom. The van der Waals surface area contributed by atoms with Gasteiger partial charge in [-0.2, -0.15) is 0 Å². The van der Waals surface area contributed by atoms with E-state index in [9.17, 15) is 4.79 Å². The Balaban J connectivity index is 2.05. The van der Waals surface area contributed by atoms with E-state index in [0.29, 0.717) is 11.5 Å². The zero-order valence-electron chi connectivity index (χ0n) is 11.4. The maximum absolute atomic E-state index is 11.1. The zero-order chi connectivity index (χ0) is 13.0. The Hall–Kier alpha value is -1.31. The van der Waals surface area contributed by atoms with Gasteiger partial charge >= 0.3 is 0 Å². The van der Waals surface area contributed by atoms with Crippen molar-refractivity contribution >= 4 is 6.29 Å². The second-order valence-electron chi connectivity index (χ2n) is 5.43. The summed E-state index contributed by atoms with van der Waals surface area (Å²) in [6.07, 6.45) is 7.44. The van der Waals surface area contributed by atoms with E-state index in [-0.39, 0.29) is 0 Å². The molecule has 0 amide bonds. The summed E-state index contributed by atoms with van der Waals surface area (Å²) in [6, 6.07) is 4.00. The third-order valence-corrected chi connectivity index (χ3v) is 3.81. The fourth-order valence-corrected chi connectivity index (χ4v) is 2.77. The summed E-state index contributed by atoms with van der Waals surface area (Å²) in [7, 11) is 0. The molecule has 0 aliphatic heterocycles. The van der Waals surface area contributed by atoms with Gasteiger partial charge in [0.05, 0.1) is 12.2 Å². The SMILES string of the molecule is Cc1cc(C)c(C=O)c(OCC2CCCCC2)c1. The van der Waals surface area contributed by atoms with Crippen molar-refractivity contribution in [3.05, 3.63) is 28.8 Å². The molecule has 0 saturated heterocycles. The number of carbonyl (C=O) groups is 1. The minimum atomic E-state index is 0.666. The van der Waals surface area contributed by atoms with E-state index in [4.69, 9.17) is 4.74 Å². The molecule has 0 bridgehead atoms. The third-order valence-electron chi connectivity index (χ3n) is 3.81. The molecule has 0 unspecified atom stereocenters. The van der Waals surface area contributed by atoms with Crippen molar-refractivity contribution in [3.8, 4) is 5.75 Å². The fraction of sp³-hybridized carbons (Fsp3) is 0.562. The molecule has 2 heteroatoms. The van der Waals surface area contributed by atoms with Gasteiger partial charge in [-0.15, -0.1) is 0 Å². The monoisotopic (exact) mass is 246 g/mol. The van der Waals surface area contributed by atoms with E-state index in [1.807, 2.05) is 26.0 Å². The first-order valence-corrected chi connectivity index (χ1v) is 6.90. The van der Waals surface area contributed by atoms with E-state index < -0.39 is 0 Å². The molecule has 1 aliphatic carbocycles. The molecule has 1 aromatic carbocycles. The van der Waals surface area contributed by atoms with Gasteiger partial charge < -0.3 is 4.74 Å². The van der Waals surface area contributed by atoms with Crippen LogP contribution in [0.4, 0.5) is 0 Å². The molecule has 1 aliphatic rings. The number of hydrogen-bond acceptors (Lipinski definition) is 2. The molecule has 0 aromatic heterocycles. The lowest BCUT2D eigenvalue weighted by atomic mass is 9.90. The van der Waals surface area contributed by atoms with Crippen LogP contribution in [0.1, 0.15) is 53.6 Å². The summed E-state index contributed by atoms with van der Waals surface area (Å²) in [5.74, 6) is 1.42. The van der Waals surface area contributed by atoms with Gasteiger partial charge in [-0.25, -0.2) is 0 Å². The second kappa shape index (κ2) is 6.03. The van der Waals surface area contributed by atoms with Gasteiger partial charge in [-0.3, -0.25) is 4.79 Å². The molecule has 98 valence electrons. The highest BCUT2D eigenvalue weighted by Crippen LogP contribution is 2.27.